The number of carbonyl (C=O) groups excluding carboxylic acids is 1. The average molecular weight is 378 g/mol. The van der Waals surface area contributed by atoms with E-state index in [1.54, 1.807) is 14.2 Å². The zero-order valence-corrected chi connectivity index (χ0v) is 17.0. The highest BCUT2D eigenvalue weighted by Gasteiger charge is 2.34. The molecule has 0 unspecified atom stereocenters. The molecule has 1 aliphatic heterocycles. The van der Waals surface area contributed by atoms with Crippen LogP contribution in [0.25, 0.3) is 0 Å². The van der Waals surface area contributed by atoms with Gasteiger partial charge in [0.25, 0.3) is 0 Å². The van der Waals surface area contributed by atoms with Gasteiger partial charge in [-0.2, -0.15) is 0 Å². The number of Topliss-reactive ketones (excluding diaryl/α,β-unsaturated/α-hetero) is 1. The third kappa shape index (κ3) is 3.45. The van der Waals surface area contributed by atoms with E-state index in [2.05, 4.69) is 37.4 Å². The Labute approximate surface area is 167 Å². The van der Waals surface area contributed by atoms with E-state index in [4.69, 9.17) is 9.47 Å². The fourth-order valence-corrected chi connectivity index (χ4v) is 4.53. The van der Waals surface area contributed by atoms with Gasteiger partial charge in [-0.05, 0) is 17.7 Å². The standard InChI is InChI=1S/C24H28NO3/c1-25(16-17-7-5-4-6-8-17)11-9-18(10-12-25)20-13-19-14-22(27-2)23(28-3)15-21(19)24(20)26/h4-8,14-15H,9-13,16H2,1-3H3/q+1. The minimum Gasteiger partial charge on any atom is -0.493 e. The molecule has 2 aliphatic rings. The van der Waals surface area contributed by atoms with Gasteiger partial charge in [0.1, 0.15) is 6.54 Å². The summed E-state index contributed by atoms with van der Waals surface area (Å²) in [6, 6.07) is 14.5. The Morgan fingerprint density at radius 1 is 0.964 bits per heavy atom. The summed E-state index contributed by atoms with van der Waals surface area (Å²) in [5, 5.41) is 0. The van der Waals surface area contributed by atoms with Crippen LogP contribution in [-0.2, 0) is 13.0 Å². The van der Waals surface area contributed by atoms with Crippen LogP contribution < -0.4 is 9.47 Å². The Bertz CT molecular complexity index is 920. The number of benzene rings is 2. The molecule has 0 spiro atoms. The van der Waals surface area contributed by atoms with Crippen molar-refractivity contribution in [3.8, 4) is 11.5 Å². The first-order chi connectivity index (χ1) is 13.5. The molecule has 1 aliphatic carbocycles. The summed E-state index contributed by atoms with van der Waals surface area (Å²) in [7, 11) is 5.57. The van der Waals surface area contributed by atoms with E-state index in [1.165, 1.54) is 11.1 Å². The molecule has 0 saturated carbocycles. The number of likely N-dealkylation sites (tertiary alicyclic amines) is 1. The van der Waals surface area contributed by atoms with Gasteiger partial charge in [0.05, 0.1) is 34.4 Å². The SMILES string of the molecule is COc1cc2c(cc1OC)C(=O)C(=C1CC[N+](C)(Cc3ccccc3)CC1)C2. The number of rotatable bonds is 4. The van der Waals surface area contributed by atoms with Crippen LogP contribution in [0.5, 0.6) is 11.5 Å². The molecule has 0 aromatic heterocycles. The number of nitrogens with zero attached hydrogens (tertiary/aromatic N) is 1. The maximum Gasteiger partial charge on any atom is 0.189 e. The van der Waals surface area contributed by atoms with Crippen LogP contribution in [0.15, 0.2) is 53.6 Å². The van der Waals surface area contributed by atoms with E-state index < -0.39 is 0 Å². The van der Waals surface area contributed by atoms with Gasteiger partial charge in [-0.3, -0.25) is 4.79 Å². The molecule has 0 N–H and O–H groups in total. The number of carbonyl (C=O) groups is 1. The lowest BCUT2D eigenvalue weighted by atomic mass is 9.94. The monoisotopic (exact) mass is 378 g/mol. The first-order valence-corrected chi connectivity index (χ1v) is 9.91. The Balaban J connectivity index is 1.53. The molecule has 28 heavy (non-hydrogen) atoms. The van der Waals surface area contributed by atoms with Gasteiger partial charge < -0.3 is 14.0 Å². The summed E-state index contributed by atoms with van der Waals surface area (Å²) < 4.78 is 11.8. The second-order valence-electron chi connectivity index (χ2n) is 8.16. The van der Waals surface area contributed by atoms with Crippen molar-refractivity contribution < 1.29 is 18.8 Å². The molecule has 1 heterocycles. The first-order valence-electron chi connectivity index (χ1n) is 9.91. The predicted octanol–water partition coefficient (Wildman–Crippen LogP) is 4.18. The number of hydrogen-bond donors (Lipinski definition) is 0. The highest BCUT2D eigenvalue weighted by atomic mass is 16.5. The molecule has 0 radical (unpaired) electrons. The third-order valence-corrected chi connectivity index (χ3v) is 6.24. The molecular weight excluding hydrogens is 350 g/mol. The van der Waals surface area contributed by atoms with Crippen LogP contribution in [0.4, 0.5) is 0 Å². The Morgan fingerprint density at radius 2 is 1.61 bits per heavy atom. The predicted molar refractivity (Wildman–Crippen MR) is 110 cm³/mol. The highest BCUT2D eigenvalue weighted by Crippen LogP contribution is 2.39. The van der Waals surface area contributed by atoms with E-state index in [9.17, 15) is 4.79 Å². The minimum absolute atomic E-state index is 0.171. The summed E-state index contributed by atoms with van der Waals surface area (Å²) >= 11 is 0. The second-order valence-corrected chi connectivity index (χ2v) is 8.16. The third-order valence-electron chi connectivity index (χ3n) is 6.24. The zero-order chi connectivity index (χ0) is 19.7. The zero-order valence-electron chi connectivity index (χ0n) is 17.0. The number of hydrogen-bond acceptors (Lipinski definition) is 3. The number of ether oxygens (including phenoxy) is 2. The molecule has 4 rings (SSSR count). The van der Waals surface area contributed by atoms with Gasteiger partial charge >= 0.3 is 0 Å². The molecule has 0 bridgehead atoms. The molecule has 1 saturated heterocycles. The van der Waals surface area contributed by atoms with Crippen LogP contribution in [0.2, 0.25) is 0 Å². The van der Waals surface area contributed by atoms with E-state index in [0.29, 0.717) is 17.9 Å². The second kappa shape index (κ2) is 7.44. The molecule has 1 fully saturated rings. The molecule has 2 aromatic carbocycles. The van der Waals surface area contributed by atoms with E-state index in [-0.39, 0.29) is 5.78 Å². The van der Waals surface area contributed by atoms with Crippen LogP contribution in [-0.4, -0.2) is 44.6 Å². The van der Waals surface area contributed by atoms with Crippen molar-refractivity contribution in [2.75, 3.05) is 34.4 Å². The molecule has 4 nitrogen and oxygen atoms in total. The van der Waals surface area contributed by atoms with Crippen LogP contribution in [0.1, 0.15) is 34.3 Å². The number of piperidine rings is 1. The van der Waals surface area contributed by atoms with Crippen molar-refractivity contribution >= 4 is 5.78 Å². The quantitative estimate of drug-likeness (QED) is 0.591. The molecule has 4 heteroatoms. The molecule has 0 amide bonds. The van der Waals surface area contributed by atoms with Crippen molar-refractivity contribution in [2.24, 2.45) is 0 Å². The Kier molecular flexibility index (Phi) is 4.98. The summed E-state index contributed by atoms with van der Waals surface area (Å²) in [4.78, 5) is 13.1. The van der Waals surface area contributed by atoms with Gasteiger partial charge in [-0.1, -0.05) is 35.9 Å². The van der Waals surface area contributed by atoms with E-state index in [1.807, 2.05) is 12.1 Å². The Hall–Kier alpha value is -2.59. The largest absolute Gasteiger partial charge is 0.493 e. The minimum atomic E-state index is 0.171. The topological polar surface area (TPSA) is 35.5 Å². The van der Waals surface area contributed by atoms with Gasteiger partial charge in [-0.25, -0.2) is 0 Å². The van der Waals surface area contributed by atoms with Crippen molar-refractivity contribution in [1.82, 2.24) is 0 Å². The van der Waals surface area contributed by atoms with Gasteiger partial charge in [-0.15, -0.1) is 0 Å². The molecular formula is C24H28NO3+. The lowest BCUT2D eigenvalue weighted by Crippen LogP contribution is -2.47. The van der Waals surface area contributed by atoms with Crippen LogP contribution in [0, 0.1) is 0 Å². The smallest absolute Gasteiger partial charge is 0.189 e. The summed E-state index contributed by atoms with van der Waals surface area (Å²) in [5.41, 5.74) is 5.54. The molecule has 146 valence electrons. The van der Waals surface area contributed by atoms with Crippen LogP contribution >= 0.6 is 0 Å². The van der Waals surface area contributed by atoms with Crippen molar-refractivity contribution in [3.05, 3.63) is 70.3 Å². The number of methoxy groups -OCH3 is 2. The van der Waals surface area contributed by atoms with Crippen molar-refractivity contribution in [3.63, 3.8) is 0 Å². The lowest BCUT2D eigenvalue weighted by molar-refractivity contribution is -0.925. The van der Waals surface area contributed by atoms with Crippen molar-refractivity contribution in [2.45, 2.75) is 25.8 Å². The van der Waals surface area contributed by atoms with Gasteiger partial charge in [0.2, 0.25) is 0 Å². The van der Waals surface area contributed by atoms with Gasteiger partial charge in [0.15, 0.2) is 17.3 Å². The fraction of sp³-hybridized carbons (Fsp3) is 0.375. The highest BCUT2D eigenvalue weighted by molar-refractivity contribution is 6.14. The molecule has 2 aromatic rings. The number of quaternary nitrogens is 1. The first kappa shape index (κ1) is 18.8. The summed E-state index contributed by atoms with van der Waals surface area (Å²) in [5.74, 6) is 1.48. The maximum atomic E-state index is 13.1. The molecule has 0 atom stereocenters. The number of fused-ring (bicyclic) bond motifs is 1. The van der Waals surface area contributed by atoms with E-state index >= 15 is 0 Å². The number of allylic oxidation sites excluding steroid dienone is 1. The fourth-order valence-electron chi connectivity index (χ4n) is 4.53. The van der Waals surface area contributed by atoms with Crippen LogP contribution in [0.3, 0.4) is 0 Å². The summed E-state index contributed by atoms with van der Waals surface area (Å²) in [6.07, 6.45) is 2.70. The normalized spacial score (nSPS) is 21.6. The average Bonchev–Trinajstić information content (AvgIpc) is 3.03. The summed E-state index contributed by atoms with van der Waals surface area (Å²) in [6.45, 7) is 3.19. The maximum absolute atomic E-state index is 13.1. The van der Waals surface area contributed by atoms with Crippen molar-refractivity contribution in [1.29, 1.82) is 0 Å². The van der Waals surface area contributed by atoms with E-state index in [0.717, 1.165) is 53.7 Å². The van der Waals surface area contributed by atoms with Gasteiger partial charge in [0, 0.05) is 36.0 Å². The number of ketones is 1. The Morgan fingerprint density at radius 3 is 2.25 bits per heavy atom. The lowest BCUT2D eigenvalue weighted by Gasteiger charge is -2.39.